The molecule has 0 saturated carbocycles. The van der Waals surface area contributed by atoms with Crippen LogP contribution in [0.2, 0.25) is 0 Å². The minimum absolute atomic E-state index is 0.0196. The van der Waals surface area contributed by atoms with Crippen LogP contribution in [0.3, 0.4) is 0 Å². The Balaban J connectivity index is 1.55. The van der Waals surface area contributed by atoms with Gasteiger partial charge in [-0.3, -0.25) is 9.69 Å². The highest BCUT2D eigenvalue weighted by Gasteiger charge is 2.33. The van der Waals surface area contributed by atoms with E-state index < -0.39 is 0 Å². The molecule has 0 radical (unpaired) electrons. The number of thioether (sulfide) groups is 1. The number of amides is 1. The molecule has 1 heterocycles. The van der Waals surface area contributed by atoms with Gasteiger partial charge in [-0.25, -0.2) is 4.99 Å². The monoisotopic (exact) mass is 564 g/mol. The lowest BCUT2D eigenvalue weighted by Gasteiger charge is -2.14. The third-order valence-corrected chi connectivity index (χ3v) is 7.21. The Bertz CT molecular complexity index is 1270. The Morgan fingerprint density at radius 2 is 1.78 bits per heavy atom. The van der Waals surface area contributed by atoms with Crippen molar-refractivity contribution in [1.29, 1.82) is 0 Å². The van der Waals surface area contributed by atoms with Gasteiger partial charge in [0.15, 0.2) is 16.7 Å². The summed E-state index contributed by atoms with van der Waals surface area (Å²) in [4.78, 5) is 20.5. The van der Waals surface area contributed by atoms with Crippen LogP contribution in [0.15, 0.2) is 81.1 Å². The van der Waals surface area contributed by atoms with Crippen LogP contribution in [0.25, 0.3) is 6.08 Å². The summed E-state index contributed by atoms with van der Waals surface area (Å²) in [5.41, 5.74) is 3.95. The highest BCUT2D eigenvalue weighted by molar-refractivity contribution is 9.10. The van der Waals surface area contributed by atoms with Crippen LogP contribution < -0.4 is 9.47 Å². The number of ether oxygens (including phenoxy) is 2. The third kappa shape index (κ3) is 6.59. The maximum atomic E-state index is 13.3. The molecular formula is C29H29BrN2O3S. The van der Waals surface area contributed by atoms with Crippen LogP contribution in [0, 0.1) is 6.92 Å². The number of aryl methyl sites for hydroxylation is 1. The number of unbranched alkanes of at least 4 members (excludes halogenated alkanes) is 1. The largest absolute Gasteiger partial charge is 0.493 e. The van der Waals surface area contributed by atoms with Gasteiger partial charge in [0.2, 0.25) is 0 Å². The normalized spacial score (nSPS) is 15.7. The fourth-order valence-corrected chi connectivity index (χ4v) is 4.91. The SMILES string of the molecule is CCCCN1C(=O)/C(=C\c2ccc(OCc3ccc(Br)cc3)c(OC)c2)SC1=Nc1ccc(C)cc1. The standard InChI is InChI=1S/C29H29BrN2O3S/c1-4-5-16-32-28(33)27(36-29(32)31-24-13-6-20(2)7-14-24)18-22-10-15-25(26(17-22)34-3)35-19-21-8-11-23(30)12-9-21/h6-15,17-18H,4-5,16,19H2,1-3H3/b27-18+,31-29?. The van der Waals surface area contributed by atoms with E-state index in [0.717, 1.165) is 34.1 Å². The Hall–Kier alpha value is -3.03. The van der Waals surface area contributed by atoms with E-state index in [4.69, 9.17) is 14.5 Å². The second-order valence-electron chi connectivity index (χ2n) is 8.48. The van der Waals surface area contributed by atoms with E-state index in [-0.39, 0.29) is 5.91 Å². The summed E-state index contributed by atoms with van der Waals surface area (Å²) in [6.07, 6.45) is 3.82. The molecule has 1 saturated heterocycles. The number of amidine groups is 1. The molecule has 0 aromatic heterocycles. The topological polar surface area (TPSA) is 51.1 Å². The lowest BCUT2D eigenvalue weighted by molar-refractivity contribution is -0.122. The summed E-state index contributed by atoms with van der Waals surface area (Å²) in [6, 6.07) is 21.7. The number of methoxy groups -OCH3 is 1. The van der Waals surface area contributed by atoms with Crippen molar-refractivity contribution in [3.05, 3.63) is 92.8 Å². The average Bonchev–Trinajstić information content (AvgIpc) is 3.17. The van der Waals surface area contributed by atoms with Gasteiger partial charge in [0.05, 0.1) is 17.7 Å². The van der Waals surface area contributed by atoms with E-state index in [1.807, 2.05) is 79.7 Å². The Morgan fingerprint density at radius 3 is 2.47 bits per heavy atom. The van der Waals surface area contributed by atoms with Crippen molar-refractivity contribution in [3.63, 3.8) is 0 Å². The van der Waals surface area contributed by atoms with Crippen molar-refractivity contribution in [1.82, 2.24) is 4.90 Å². The second-order valence-corrected chi connectivity index (χ2v) is 10.4. The molecule has 7 heteroatoms. The molecule has 1 fully saturated rings. The highest BCUT2D eigenvalue weighted by atomic mass is 79.9. The second kappa shape index (κ2) is 12.3. The predicted octanol–water partition coefficient (Wildman–Crippen LogP) is 7.75. The zero-order chi connectivity index (χ0) is 25.5. The van der Waals surface area contributed by atoms with Gasteiger partial charge in [-0.05, 0) is 78.7 Å². The molecule has 1 aliphatic heterocycles. The molecule has 0 atom stereocenters. The molecule has 4 rings (SSSR count). The molecular weight excluding hydrogens is 536 g/mol. The van der Waals surface area contributed by atoms with Crippen molar-refractivity contribution in [3.8, 4) is 11.5 Å². The van der Waals surface area contributed by atoms with Crippen molar-refractivity contribution in [2.75, 3.05) is 13.7 Å². The molecule has 186 valence electrons. The van der Waals surface area contributed by atoms with E-state index in [9.17, 15) is 4.79 Å². The van der Waals surface area contributed by atoms with Gasteiger partial charge in [0.25, 0.3) is 5.91 Å². The maximum Gasteiger partial charge on any atom is 0.266 e. The van der Waals surface area contributed by atoms with Crippen LogP contribution in [0.5, 0.6) is 11.5 Å². The number of rotatable bonds is 9. The first-order chi connectivity index (χ1) is 17.5. The Morgan fingerprint density at radius 1 is 1.03 bits per heavy atom. The lowest BCUT2D eigenvalue weighted by atomic mass is 10.1. The fourth-order valence-electron chi connectivity index (χ4n) is 3.62. The molecule has 1 aliphatic rings. The van der Waals surface area contributed by atoms with Crippen molar-refractivity contribution < 1.29 is 14.3 Å². The van der Waals surface area contributed by atoms with E-state index >= 15 is 0 Å². The number of carbonyl (C=O) groups is 1. The van der Waals surface area contributed by atoms with E-state index in [1.54, 1.807) is 12.0 Å². The number of benzene rings is 3. The minimum Gasteiger partial charge on any atom is -0.493 e. The zero-order valence-electron chi connectivity index (χ0n) is 20.7. The number of nitrogens with zero attached hydrogens (tertiary/aromatic N) is 2. The van der Waals surface area contributed by atoms with Gasteiger partial charge in [-0.1, -0.05) is 65.2 Å². The molecule has 0 spiro atoms. The van der Waals surface area contributed by atoms with Gasteiger partial charge >= 0.3 is 0 Å². The van der Waals surface area contributed by atoms with Gasteiger partial charge in [-0.15, -0.1) is 0 Å². The quantitative estimate of drug-likeness (QED) is 0.249. The smallest absolute Gasteiger partial charge is 0.266 e. The molecule has 36 heavy (non-hydrogen) atoms. The Kier molecular flexibility index (Phi) is 8.88. The zero-order valence-corrected chi connectivity index (χ0v) is 23.1. The maximum absolute atomic E-state index is 13.3. The minimum atomic E-state index is -0.0196. The number of aliphatic imine (C=N–C) groups is 1. The van der Waals surface area contributed by atoms with Crippen LogP contribution in [-0.4, -0.2) is 29.6 Å². The van der Waals surface area contributed by atoms with Gasteiger partial charge in [0, 0.05) is 11.0 Å². The molecule has 3 aromatic carbocycles. The molecule has 5 nitrogen and oxygen atoms in total. The molecule has 0 N–H and O–H groups in total. The molecule has 0 aliphatic carbocycles. The van der Waals surface area contributed by atoms with E-state index in [2.05, 4.69) is 22.9 Å². The first-order valence-corrected chi connectivity index (χ1v) is 13.5. The number of hydrogen-bond donors (Lipinski definition) is 0. The van der Waals surface area contributed by atoms with E-state index in [1.165, 1.54) is 17.3 Å². The first-order valence-electron chi connectivity index (χ1n) is 11.9. The highest BCUT2D eigenvalue weighted by Crippen LogP contribution is 2.36. The van der Waals surface area contributed by atoms with Gasteiger partial charge < -0.3 is 9.47 Å². The van der Waals surface area contributed by atoms with Crippen molar-refractivity contribution in [2.45, 2.75) is 33.3 Å². The van der Waals surface area contributed by atoms with Crippen molar-refractivity contribution in [2.24, 2.45) is 4.99 Å². The molecule has 1 amide bonds. The van der Waals surface area contributed by atoms with Crippen LogP contribution in [-0.2, 0) is 11.4 Å². The van der Waals surface area contributed by atoms with Crippen LogP contribution in [0.1, 0.15) is 36.5 Å². The van der Waals surface area contributed by atoms with Crippen molar-refractivity contribution >= 4 is 50.5 Å². The van der Waals surface area contributed by atoms with Gasteiger partial charge in [0.1, 0.15) is 6.61 Å². The Labute approximate surface area is 225 Å². The summed E-state index contributed by atoms with van der Waals surface area (Å²) in [7, 11) is 1.62. The average molecular weight is 566 g/mol. The van der Waals surface area contributed by atoms with E-state index in [0.29, 0.717) is 34.7 Å². The molecule has 0 unspecified atom stereocenters. The fraction of sp³-hybridized carbons (Fsp3) is 0.241. The summed E-state index contributed by atoms with van der Waals surface area (Å²) >= 11 is 4.86. The molecule has 3 aromatic rings. The summed E-state index contributed by atoms with van der Waals surface area (Å²) in [5, 5.41) is 0.713. The summed E-state index contributed by atoms with van der Waals surface area (Å²) in [6.45, 7) is 5.25. The third-order valence-electron chi connectivity index (χ3n) is 5.68. The van der Waals surface area contributed by atoms with Gasteiger partial charge in [-0.2, -0.15) is 0 Å². The summed E-state index contributed by atoms with van der Waals surface area (Å²) < 4.78 is 12.6. The first kappa shape index (κ1) is 26.0. The lowest BCUT2D eigenvalue weighted by Crippen LogP contribution is -2.30. The number of hydrogen-bond acceptors (Lipinski definition) is 5. The molecule has 0 bridgehead atoms. The predicted molar refractivity (Wildman–Crippen MR) is 152 cm³/mol. The number of halogens is 1. The van der Waals surface area contributed by atoms with Crippen LogP contribution >= 0.6 is 27.7 Å². The summed E-state index contributed by atoms with van der Waals surface area (Å²) in [5.74, 6) is 1.25. The van der Waals surface area contributed by atoms with Crippen LogP contribution in [0.4, 0.5) is 5.69 Å². The number of carbonyl (C=O) groups excluding carboxylic acids is 1.